The van der Waals surface area contributed by atoms with Gasteiger partial charge in [0.2, 0.25) is 0 Å². The predicted molar refractivity (Wildman–Crippen MR) is 62.6 cm³/mol. The molecule has 1 rings (SSSR count). The number of aromatic hydroxyl groups is 1. The van der Waals surface area contributed by atoms with Gasteiger partial charge in [0.15, 0.2) is 0 Å². The molecule has 0 aliphatic carbocycles. The van der Waals surface area contributed by atoms with Gasteiger partial charge in [-0.25, -0.2) is 0 Å². The van der Waals surface area contributed by atoms with Gasteiger partial charge in [-0.15, -0.1) is 0 Å². The van der Waals surface area contributed by atoms with Crippen molar-refractivity contribution in [2.75, 3.05) is 6.61 Å². The van der Waals surface area contributed by atoms with Crippen LogP contribution < -0.4 is 0 Å². The Kier molecular flexibility index (Phi) is 3.53. The quantitative estimate of drug-likeness (QED) is 0.781. The Bertz CT molecular complexity index is 342. The molecule has 0 spiro atoms. The number of hydrogen-bond donors (Lipinski definition) is 2. The first-order valence-electron chi connectivity index (χ1n) is 5.04. The summed E-state index contributed by atoms with van der Waals surface area (Å²) in [7, 11) is 0. The van der Waals surface area contributed by atoms with Crippen LogP contribution in [0.25, 0.3) is 6.08 Å². The number of phenolic OH excluding ortho intramolecular Hbond substituents is 1. The molecule has 0 saturated carbocycles. The zero-order chi connectivity index (χ0) is 11.5. The smallest absolute Gasteiger partial charge is 0.115 e. The number of aliphatic hydroxyl groups is 1. The molecule has 15 heavy (non-hydrogen) atoms. The van der Waals surface area contributed by atoms with Crippen LogP contribution in [0, 0.1) is 5.41 Å². The highest BCUT2D eigenvalue weighted by Crippen LogP contribution is 2.26. The van der Waals surface area contributed by atoms with E-state index < -0.39 is 0 Å². The van der Waals surface area contributed by atoms with Gasteiger partial charge in [-0.2, -0.15) is 0 Å². The van der Waals surface area contributed by atoms with Crippen molar-refractivity contribution in [1.82, 2.24) is 0 Å². The van der Waals surface area contributed by atoms with Gasteiger partial charge in [-0.3, -0.25) is 0 Å². The Morgan fingerprint density at radius 1 is 1.20 bits per heavy atom. The Morgan fingerprint density at radius 3 is 2.13 bits per heavy atom. The number of benzene rings is 1. The van der Waals surface area contributed by atoms with Gasteiger partial charge >= 0.3 is 0 Å². The second-order valence-electron chi connectivity index (χ2n) is 4.67. The van der Waals surface area contributed by atoms with Crippen molar-refractivity contribution in [3.63, 3.8) is 0 Å². The second-order valence-corrected chi connectivity index (χ2v) is 4.67. The highest BCUT2D eigenvalue weighted by atomic mass is 16.3. The van der Waals surface area contributed by atoms with Crippen molar-refractivity contribution in [2.45, 2.75) is 20.8 Å². The fourth-order valence-corrected chi connectivity index (χ4v) is 1.27. The Morgan fingerprint density at radius 2 is 1.73 bits per heavy atom. The maximum Gasteiger partial charge on any atom is 0.115 e. The molecule has 0 fully saturated rings. The van der Waals surface area contributed by atoms with Crippen LogP contribution in [0.4, 0.5) is 0 Å². The van der Waals surface area contributed by atoms with Crippen LogP contribution >= 0.6 is 0 Å². The Hall–Kier alpha value is -1.28. The van der Waals surface area contributed by atoms with E-state index in [1.807, 2.05) is 18.2 Å². The van der Waals surface area contributed by atoms with Crippen LogP contribution in [0.15, 0.2) is 29.8 Å². The Labute approximate surface area is 90.9 Å². The average Bonchev–Trinajstić information content (AvgIpc) is 2.15. The summed E-state index contributed by atoms with van der Waals surface area (Å²) < 4.78 is 0. The molecule has 2 nitrogen and oxygen atoms in total. The molecule has 2 N–H and O–H groups in total. The normalized spacial score (nSPS) is 12.9. The third-order valence-corrected chi connectivity index (χ3v) is 2.37. The molecule has 0 aliphatic heterocycles. The largest absolute Gasteiger partial charge is 0.508 e. The third-order valence-electron chi connectivity index (χ3n) is 2.37. The molecule has 0 amide bonds. The number of aliphatic hydroxyl groups excluding tert-OH is 1. The predicted octanol–water partition coefficient (Wildman–Crippen LogP) is 2.81. The summed E-state index contributed by atoms with van der Waals surface area (Å²) >= 11 is 0. The molecular formula is C13H18O2. The molecule has 82 valence electrons. The van der Waals surface area contributed by atoms with Crippen LogP contribution in [0.1, 0.15) is 26.3 Å². The first kappa shape index (κ1) is 11.8. The van der Waals surface area contributed by atoms with Crippen molar-refractivity contribution in [3.05, 3.63) is 35.4 Å². The van der Waals surface area contributed by atoms with Gasteiger partial charge in [-0.05, 0) is 28.7 Å². The molecule has 0 saturated heterocycles. The van der Waals surface area contributed by atoms with Gasteiger partial charge in [0, 0.05) is 0 Å². The summed E-state index contributed by atoms with van der Waals surface area (Å²) in [4.78, 5) is 0. The van der Waals surface area contributed by atoms with E-state index in [-0.39, 0.29) is 17.8 Å². The van der Waals surface area contributed by atoms with Gasteiger partial charge in [0.1, 0.15) is 5.75 Å². The zero-order valence-electron chi connectivity index (χ0n) is 9.49. The maximum absolute atomic E-state index is 9.26. The lowest BCUT2D eigenvalue weighted by atomic mass is 9.86. The molecule has 0 aliphatic rings. The minimum Gasteiger partial charge on any atom is -0.508 e. The van der Waals surface area contributed by atoms with E-state index in [0.29, 0.717) is 0 Å². The summed E-state index contributed by atoms with van der Waals surface area (Å²) in [6.07, 6.45) is 1.96. The van der Waals surface area contributed by atoms with E-state index in [4.69, 9.17) is 5.11 Å². The summed E-state index contributed by atoms with van der Waals surface area (Å²) in [5, 5.41) is 18.4. The molecule has 0 unspecified atom stereocenters. The average molecular weight is 206 g/mol. The lowest BCUT2D eigenvalue weighted by Crippen LogP contribution is -2.12. The van der Waals surface area contributed by atoms with Crippen LogP contribution in [0.2, 0.25) is 0 Å². The highest BCUT2D eigenvalue weighted by Gasteiger charge is 2.15. The minimum atomic E-state index is -0.0351. The SMILES string of the molecule is CC(C)(C)/C(=C/c1ccc(O)cc1)CO. The minimum absolute atomic E-state index is 0.0351. The van der Waals surface area contributed by atoms with Crippen LogP contribution in [0.5, 0.6) is 5.75 Å². The van der Waals surface area contributed by atoms with Gasteiger partial charge < -0.3 is 10.2 Å². The Balaban J connectivity index is 2.99. The molecule has 0 heterocycles. The van der Waals surface area contributed by atoms with Crippen molar-refractivity contribution in [1.29, 1.82) is 0 Å². The molecule has 2 heteroatoms. The number of phenols is 1. The van der Waals surface area contributed by atoms with E-state index in [1.165, 1.54) is 0 Å². The van der Waals surface area contributed by atoms with Crippen LogP contribution in [0.3, 0.4) is 0 Å². The first-order chi connectivity index (χ1) is 6.93. The lowest BCUT2D eigenvalue weighted by Gasteiger charge is -2.21. The van der Waals surface area contributed by atoms with E-state index >= 15 is 0 Å². The third kappa shape index (κ3) is 3.40. The fourth-order valence-electron chi connectivity index (χ4n) is 1.27. The van der Waals surface area contributed by atoms with Gasteiger partial charge in [-0.1, -0.05) is 39.0 Å². The standard InChI is InChI=1S/C13H18O2/c1-13(2,3)11(9-14)8-10-4-6-12(15)7-5-10/h4-8,14-15H,9H2,1-3H3/b11-8+. The number of hydrogen-bond acceptors (Lipinski definition) is 2. The monoisotopic (exact) mass is 206 g/mol. The molecule has 0 atom stereocenters. The fraction of sp³-hybridized carbons (Fsp3) is 0.385. The summed E-state index contributed by atoms with van der Waals surface area (Å²) in [6, 6.07) is 6.94. The van der Waals surface area contributed by atoms with E-state index in [9.17, 15) is 5.11 Å². The lowest BCUT2D eigenvalue weighted by molar-refractivity contribution is 0.298. The molecule has 1 aromatic rings. The van der Waals surface area contributed by atoms with Crippen molar-refractivity contribution < 1.29 is 10.2 Å². The zero-order valence-corrected chi connectivity index (χ0v) is 9.49. The van der Waals surface area contributed by atoms with Gasteiger partial charge in [0.05, 0.1) is 6.61 Å². The topological polar surface area (TPSA) is 40.5 Å². The van der Waals surface area contributed by atoms with Gasteiger partial charge in [0.25, 0.3) is 0 Å². The molecular weight excluding hydrogens is 188 g/mol. The van der Waals surface area contributed by atoms with Crippen molar-refractivity contribution in [3.8, 4) is 5.75 Å². The first-order valence-corrected chi connectivity index (χ1v) is 5.04. The number of rotatable bonds is 2. The van der Waals surface area contributed by atoms with E-state index in [0.717, 1.165) is 11.1 Å². The highest BCUT2D eigenvalue weighted by molar-refractivity contribution is 5.55. The molecule has 0 bridgehead atoms. The molecule has 1 aromatic carbocycles. The molecule has 0 radical (unpaired) electrons. The summed E-state index contributed by atoms with van der Waals surface area (Å²) in [5.41, 5.74) is 1.94. The van der Waals surface area contributed by atoms with E-state index in [2.05, 4.69) is 20.8 Å². The summed E-state index contributed by atoms with van der Waals surface area (Å²) in [6.45, 7) is 6.25. The van der Waals surface area contributed by atoms with Crippen LogP contribution in [-0.4, -0.2) is 16.8 Å². The van der Waals surface area contributed by atoms with Crippen LogP contribution in [-0.2, 0) is 0 Å². The summed E-state index contributed by atoms with van der Waals surface area (Å²) in [5.74, 6) is 0.258. The maximum atomic E-state index is 9.26. The van der Waals surface area contributed by atoms with Crippen molar-refractivity contribution >= 4 is 6.08 Å². The van der Waals surface area contributed by atoms with Crippen molar-refractivity contribution in [2.24, 2.45) is 5.41 Å². The second kappa shape index (κ2) is 4.49. The van der Waals surface area contributed by atoms with E-state index in [1.54, 1.807) is 12.1 Å². The molecule has 0 aromatic heterocycles.